The Bertz CT molecular complexity index is 505. The molecule has 4 N–H and O–H groups in total. The highest BCUT2D eigenvalue weighted by Crippen LogP contribution is 2.29. The first-order chi connectivity index (χ1) is 8.24. The van der Waals surface area contributed by atoms with Crippen molar-refractivity contribution in [3.05, 3.63) is 42.0 Å². The molecular weight excluding hydrogens is 208 g/mol. The number of rotatable bonds is 4. The van der Waals surface area contributed by atoms with Gasteiger partial charge in [-0.25, -0.2) is 0 Å². The Kier molecular flexibility index (Phi) is 3.64. The Morgan fingerprint density at radius 3 is 2.47 bits per heavy atom. The number of hydrogen-bond donors (Lipinski definition) is 2. The highest BCUT2D eigenvalue weighted by Gasteiger charge is 2.10. The first-order valence-corrected chi connectivity index (χ1v) is 6.26. The molecule has 2 aromatic carbocycles. The molecule has 0 aliphatic rings. The van der Waals surface area contributed by atoms with Crippen molar-refractivity contribution in [2.75, 3.05) is 5.73 Å². The van der Waals surface area contributed by atoms with Crippen LogP contribution in [0.25, 0.3) is 10.8 Å². The van der Waals surface area contributed by atoms with Gasteiger partial charge in [0.1, 0.15) is 0 Å². The zero-order valence-corrected chi connectivity index (χ0v) is 10.3. The summed E-state index contributed by atoms with van der Waals surface area (Å²) in [5.41, 5.74) is 14.3. The molecule has 90 valence electrons. The summed E-state index contributed by atoms with van der Waals surface area (Å²) in [6, 6.07) is 12.4. The molecule has 0 spiro atoms. The molecule has 2 aromatic rings. The molecule has 2 rings (SSSR count). The third-order valence-corrected chi connectivity index (χ3v) is 3.26. The number of benzene rings is 2. The number of hydrogen-bond acceptors (Lipinski definition) is 2. The van der Waals surface area contributed by atoms with Crippen molar-refractivity contribution in [1.29, 1.82) is 0 Å². The SMILES string of the molecule is CCCC[C@H](N)c1ccc(N)c2ccccc12. The normalized spacial score (nSPS) is 12.8. The predicted molar refractivity (Wildman–Crippen MR) is 74.8 cm³/mol. The summed E-state index contributed by atoms with van der Waals surface area (Å²) < 4.78 is 0. The molecule has 0 saturated carbocycles. The minimum absolute atomic E-state index is 0.112. The smallest absolute Gasteiger partial charge is 0.0393 e. The average Bonchev–Trinajstić information content (AvgIpc) is 2.37. The molecule has 1 atom stereocenters. The lowest BCUT2D eigenvalue weighted by molar-refractivity contribution is 0.607. The highest BCUT2D eigenvalue weighted by atomic mass is 14.6. The standard InChI is InChI=1S/C15H20N2/c1-2-3-8-14(16)13-9-10-15(17)12-7-5-4-6-11(12)13/h4-7,9-10,14H,2-3,8,16-17H2,1H3/t14-/m0/s1. The Labute approximate surface area is 103 Å². The van der Waals surface area contributed by atoms with Crippen LogP contribution in [-0.2, 0) is 0 Å². The summed E-state index contributed by atoms with van der Waals surface area (Å²) >= 11 is 0. The zero-order valence-electron chi connectivity index (χ0n) is 10.3. The van der Waals surface area contributed by atoms with E-state index in [0.29, 0.717) is 0 Å². The third kappa shape index (κ3) is 2.42. The molecule has 2 nitrogen and oxygen atoms in total. The maximum atomic E-state index is 6.26. The van der Waals surface area contributed by atoms with Gasteiger partial charge in [-0.1, -0.05) is 50.1 Å². The largest absolute Gasteiger partial charge is 0.398 e. The summed E-state index contributed by atoms with van der Waals surface area (Å²) in [4.78, 5) is 0. The van der Waals surface area contributed by atoms with E-state index in [1.54, 1.807) is 0 Å². The van der Waals surface area contributed by atoms with Crippen LogP contribution in [0.15, 0.2) is 36.4 Å². The fourth-order valence-electron chi connectivity index (χ4n) is 2.25. The van der Waals surface area contributed by atoms with E-state index in [0.717, 1.165) is 17.5 Å². The van der Waals surface area contributed by atoms with Crippen molar-refractivity contribution in [3.63, 3.8) is 0 Å². The number of nitrogen functional groups attached to an aromatic ring is 1. The molecule has 0 fully saturated rings. The van der Waals surface area contributed by atoms with Gasteiger partial charge in [0.25, 0.3) is 0 Å². The van der Waals surface area contributed by atoms with Crippen molar-refractivity contribution >= 4 is 16.5 Å². The van der Waals surface area contributed by atoms with E-state index < -0.39 is 0 Å². The second kappa shape index (κ2) is 5.19. The van der Waals surface area contributed by atoms with Crippen molar-refractivity contribution in [1.82, 2.24) is 0 Å². The lowest BCUT2D eigenvalue weighted by Gasteiger charge is -2.15. The maximum Gasteiger partial charge on any atom is 0.0393 e. The Morgan fingerprint density at radius 1 is 1.06 bits per heavy atom. The first-order valence-electron chi connectivity index (χ1n) is 6.26. The van der Waals surface area contributed by atoms with Crippen LogP contribution < -0.4 is 11.5 Å². The number of nitrogens with two attached hydrogens (primary N) is 2. The van der Waals surface area contributed by atoms with Gasteiger partial charge in [-0.3, -0.25) is 0 Å². The minimum Gasteiger partial charge on any atom is -0.398 e. The average molecular weight is 228 g/mol. The molecule has 0 aromatic heterocycles. The third-order valence-electron chi connectivity index (χ3n) is 3.26. The van der Waals surface area contributed by atoms with Gasteiger partial charge in [0.2, 0.25) is 0 Å². The molecule has 0 amide bonds. The van der Waals surface area contributed by atoms with Crippen LogP contribution >= 0.6 is 0 Å². The van der Waals surface area contributed by atoms with Gasteiger partial charge in [-0.05, 0) is 23.4 Å². The molecule has 0 aliphatic heterocycles. The fraction of sp³-hybridized carbons (Fsp3) is 0.333. The summed E-state index contributed by atoms with van der Waals surface area (Å²) in [5.74, 6) is 0. The molecule has 0 bridgehead atoms. The minimum atomic E-state index is 0.112. The molecule has 0 aliphatic carbocycles. The zero-order chi connectivity index (χ0) is 12.3. The lowest BCUT2D eigenvalue weighted by atomic mass is 9.95. The summed E-state index contributed by atoms with van der Waals surface area (Å²) in [7, 11) is 0. The van der Waals surface area contributed by atoms with E-state index in [2.05, 4.69) is 25.1 Å². The van der Waals surface area contributed by atoms with Crippen LogP contribution in [0.2, 0.25) is 0 Å². The maximum absolute atomic E-state index is 6.26. The van der Waals surface area contributed by atoms with Crippen LogP contribution in [0.4, 0.5) is 5.69 Å². The second-order valence-corrected chi connectivity index (χ2v) is 4.54. The van der Waals surface area contributed by atoms with Crippen LogP contribution in [-0.4, -0.2) is 0 Å². The molecule has 0 saturated heterocycles. The van der Waals surface area contributed by atoms with E-state index in [4.69, 9.17) is 11.5 Å². The van der Waals surface area contributed by atoms with Crippen LogP contribution in [0.1, 0.15) is 37.8 Å². The highest BCUT2D eigenvalue weighted by molar-refractivity contribution is 5.95. The van der Waals surface area contributed by atoms with E-state index in [-0.39, 0.29) is 6.04 Å². The molecule has 2 heteroatoms. The number of fused-ring (bicyclic) bond motifs is 1. The molecular formula is C15H20N2. The van der Waals surface area contributed by atoms with Crippen molar-refractivity contribution in [2.45, 2.75) is 32.2 Å². The van der Waals surface area contributed by atoms with Gasteiger partial charge < -0.3 is 11.5 Å². The van der Waals surface area contributed by atoms with Crippen molar-refractivity contribution < 1.29 is 0 Å². The van der Waals surface area contributed by atoms with E-state index in [9.17, 15) is 0 Å². The fourth-order valence-corrected chi connectivity index (χ4v) is 2.25. The molecule has 0 heterocycles. The van der Waals surface area contributed by atoms with Crippen LogP contribution in [0.5, 0.6) is 0 Å². The van der Waals surface area contributed by atoms with Crippen LogP contribution in [0, 0.1) is 0 Å². The number of anilines is 1. The topological polar surface area (TPSA) is 52.0 Å². The van der Waals surface area contributed by atoms with Gasteiger partial charge in [-0.2, -0.15) is 0 Å². The Morgan fingerprint density at radius 2 is 1.76 bits per heavy atom. The quantitative estimate of drug-likeness (QED) is 0.785. The van der Waals surface area contributed by atoms with Crippen molar-refractivity contribution in [3.8, 4) is 0 Å². The van der Waals surface area contributed by atoms with Gasteiger partial charge >= 0.3 is 0 Å². The van der Waals surface area contributed by atoms with Gasteiger partial charge in [0.05, 0.1) is 0 Å². The molecule has 0 unspecified atom stereocenters. The lowest BCUT2D eigenvalue weighted by Crippen LogP contribution is -2.10. The Balaban J connectivity index is 2.44. The van der Waals surface area contributed by atoms with Gasteiger partial charge in [0.15, 0.2) is 0 Å². The van der Waals surface area contributed by atoms with E-state index >= 15 is 0 Å². The molecule has 0 radical (unpaired) electrons. The van der Waals surface area contributed by atoms with Gasteiger partial charge in [-0.15, -0.1) is 0 Å². The summed E-state index contributed by atoms with van der Waals surface area (Å²) in [6.45, 7) is 2.19. The van der Waals surface area contributed by atoms with Gasteiger partial charge in [0, 0.05) is 17.1 Å². The summed E-state index contributed by atoms with van der Waals surface area (Å²) in [6.07, 6.45) is 3.38. The predicted octanol–water partition coefficient (Wildman–Crippen LogP) is 3.61. The van der Waals surface area contributed by atoms with Crippen LogP contribution in [0.3, 0.4) is 0 Å². The van der Waals surface area contributed by atoms with E-state index in [1.165, 1.54) is 23.8 Å². The first kappa shape index (κ1) is 11.9. The van der Waals surface area contributed by atoms with E-state index in [1.807, 2.05) is 18.2 Å². The Hall–Kier alpha value is -1.54. The summed E-state index contributed by atoms with van der Waals surface area (Å²) in [5, 5.41) is 2.30. The molecule has 17 heavy (non-hydrogen) atoms. The second-order valence-electron chi connectivity index (χ2n) is 4.54. The monoisotopic (exact) mass is 228 g/mol. The van der Waals surface area contributed by atoms with Crippen molar-refractivity contribution in [2.24, 2.45) is 5.73 Å². The number of unbranched alkanes of at least 4 members (excludes halogenated alkanes) is 1.